The van der Waals surface area contributed by atoms with Gasteiger partial charge in [-0.1, -0.05) is 6.92 Å². The van der Waals surface area contributed by atoms with Crippen LogP contribution in [0, 0.1) is 12.3 Å². The average Bonchev–Trinajstić information content (AvgIpc) is 2.85. The number of nitrogens with zero attached hydrogens (tertiary/aromatic N) is 4. The standard InChI is InChI=1S/C18H26N4O/c1-13-15-7-6-14(23-5)10-16(15)20-17(19-13)22(4)12-18(2)8-9-21(3)11-18/h6-7,10H,8-9,11-12H2,1-5H3/t18-/m0/s1. The van der Waals surface area contributed by atoms with Gasteiger partial charge in [0.25, 0.3) is 0 Å². The van der Waals surface area contributed by atoms with Crippen LogP contribution in [0.25, 0.3) is 10.9 Å². The van der Waals surface area contributed by atoms with Crippen molar-refractivity contribution in [1.29, 1.82) is 0 Å². The number of rotatable bonds is 4. The summed E-state index contributed by atoms with van der Waals surface area (Å²) in [6.07, 6.45) is 1.22. The lowest BCUT2D eigenvalue weighted by Gasteiger charge is -2.30. The molecular weight excluding hydrogens is 288 g/mol. The van der Waals surface area contributed by atoms with Crippen LogP contribution in [0.4, 0.5) is 5.95 Å². The van der Waals surface area contributed by atoms with Crippen molar-refractivity contribution >= 4 is 16.9 Å². The molecule has 1 aromatic carbocycles. The number of ether oxygens (including phenoxy) is 1. The zero-order chi connectivity index (χ0) is 16.6. The number of fused-ring (bicyclic) bond motifs is 1. The minimum Gasteiger partial charge on any atom is -0.497 e. The Morgan fingerprint density at radius 3 is 2.78 bits per heavy atom. The Balaban J connectivity index is 1.89. The van der Waals surface area contributed by atoms with E-state index in [9.17, 15) is 0 Å². The van der Waals surface area contributed by atoms with Crippen molar-refractivity contribution in [1.82, 2.24) is 14.9 Å². The maximum atomic E-state index is 5.32. The fourth-order valence-corrected chi connectivity index (χ4v) is 3.59. The molecular formula is C18H26N4O. The van der Waals surface area contributed by atoms with Gasteiger partial charge in [0.15, 0.2) is 0 Å². The van der Waals surface area contributed by atoms with Gasteiger partial charge in [-0.2, -0.15) is 0 Å². The summed E-state index contributed by atoms with van der Waals surface area (Å²) in [6.45, 7) is 7.64. The van der Waals surface area contributed by atoms with Gasteiger partial charge in [0.05, 0.1) is 18.3 Å². The Kier molecular flexibility index (Phi) is 4.15. The van der Waals surface area contributed by atoms with E-state index in [2.05, 4.69) is 30.8 Å². The van der Waals surface area contributed by atoms with Crippen molar-refractivity contribution in [3.05, 3.63) is 23.9 Å². The number of likely N-dealkylation sites (tertiary alicyclic amines) is 1. The van der Waals surface area contributed by atoms with E-state index in [0.717, 1.165) is 41.4 Å². The van der Waals surface area contributed by atoms with Crippen LogP contribution in [0.1, 0.15) is 19.0 Å². The molecule has 1 aromatic heterocycles. The van der Waals surface area contributed by atoms with Crippen LogP contribution >= 0.6 is 0 Å². The van der Waals surface area contributed by atoms with Crippen LogP contribution < -0.4 is 9.64 Å². The monoisotopic (exact) mass is 314 g/mol. The second kappa shape index (κ2) is 5.96. The van der Waals surface area contributed by atoms with Crippen molar-refractivity contribution in [3.8, 4) is 5.75 Å². The highest BCUT2D eigenvalue weighted by atomic mass is 16.5. The smallest absolute Gasteiger partial charge is 0.225 e. The minimum atomic E-state index is 0.296. The third-order valence-corrected chi connectivity index (χ3v) is 4.79. The van der Waals surface area contributed by atoms with Gasteiger partial charge in [-0.3, -0.25) is 0 Å². The molecule has 5 heteroatoms. The van der Waals surface area contributed by atoms with Crippen LogP contribution in [-0.4, -0.2) is 55.7 Å². The molecule has 3 rings (SSSR count). The highest BCUT2D eigenvalue weighted by molar-refractivity contribution is 5.83. The second-order valence-corrected chi connectivity index (χ2v) is 7.15. The Hall–Kier alpha value is -1.88. The van der Waals surface area contributed by atoms with Gasteiger partial charge in [0, 0.05) is 31.6 Å². The number of benzene rings is 1. The predicted octanol–water partition coefficient (Wildman–Crippen LogP) is 2.72. The zero-order valence-electron chi connectivity index (χ0n) is 14.8. The summed E-state index contributed by atoms with van der Waals surface area (Å²) in [5.41, 5.74) is 2.24. The van der Waals surface area contributed by atoms with Crippen LogP contribution in [0.5, 0.6) is 5.75 Å². The highest BCUT2D eigenvalue weighted by Gasteiger charge is 2.33. The normalized spacial score (nSPS) is 21.8. The second-order valence-electron chi connectivity index (χ2n) is 7.15. The van der Waals surface area contributed by atoms with E-state index in [0.29, 0.717) is 5.41 Å². The molecule has 1 saturated heterocycles. The summed E-state index contributed by atoms with van der Waals surface area (Å²) in [5.74, 6) is 1.62. The van der Waals surface area contributed by atoms with Gasteiger partial charge in [-0.25, -0.2) is 9.97 Å². The third-order valence-electron chi connectivity index (χ3n) is 4.79. The molecule has 124 valence electrons. The molecule has 1 aliphatic heterocycles. The van der Waals surface area contributed by atoms with Gasteiger partial charge in [0.2, 0.25) is 5.95 Å². The number of anilines is 1. The zero-order valence-corrected chi connectivity index (χ0v) is 14.8. The van der Waals surface area contributed by atoms with Crippen LogP contribution in [0.15, 0.2) is 18.2 Å². The van der Waals surface area contributed by atoms with Gasteiger partial charge in [-0.15, -0.1) is 0 Å². The minimum absolute atomic E-state index is 0.296. The summed E-state index contributed by atoms with van der Waals surface area (Å²) in [7, 11) is 5.96. The fourth-order valence-electron chi connectivity index (χ4n) is 3.59. The molecule has 2 aromatic rings. The Morgan fingerprint density at radius 2 is 2.13 bits per heavy atom. The molecule has 2 heterocycles. The van der Waals surface area contributed by atoms with E-state index in [1.807, 2.05) is 25.1 Å². The van der Waals surface area contributed by atoms with E-state index in [1.165, 1.54) is 13.0 Å². The molecule has 0 unspecified atom stereocenters. The van der Waals surface area contributed by atoms with Crippen LogP contribution in [-0.2, 0) is 0 Å². The lowest BCUT2D eigenvalue weighted by Crippen LogP contribution is -2.36. The van der Waals surface area contributed by atoms with Crippen molar-refractivity contribution in [3.63, 3.8) is 0 Å². The van der Waals surface area contributed by atoms with E-state index in [-0.39, 0.29) is 0 Å². The Bertz CT molecular complexity index is 717. The quantitative estimate of drug-likeness (QED) is 0.868. The number of aromatic nitrogens is 2. The number of hydrogen-bond donors (Lipinski definition) is 0. The molecule has 0 bridgehead atoms. The molecule has 0 radical (unpaired) electrons. The summed E-state index contributed by atoms with van der Waals surface area (Å²) < 4.78 is 5.32. The van der Waals surface area contributed by atoms with Gasteiger partial charge in [0.1, 0.15) is 5.75 Å². The molecule has 1 atom stereocenters. The Labute approximate surface area is 138 Å². The van der Waals surface area contributed by atoms with E-state index in [4.69, 9.17) is 14.7 Å². The number of methoxy groups -OCH3 is 1. The molecule has 0 aliphatic carbocycles. The SMILES string of the molecule is COc1ccc2c(C)nc(N(C)C[C@@]3(C)CCN(C)C3)nc2c1. The van der Waals surface area contributed by atoms with E-state index < -0.39 is 0 Å². The maximum absolute atomic E-state index is 5.32. The maximum Gasteiger partial charge on any atom is 0.225 e. The first-order valence-electron chi connectivity index (χ1n) is 8.12. The molecule has 1 fully saturated rings. The number of hydrogen-bond acceptors (Lipinski definition) is 5. The summed E-state index contributed by atoms with van der Waals surface area (Å²) >= 11 is 0. The summed E-state index contributed by atoms with van der Waals surface area (Å²) in [6, 6.07) is 5.96. The molecule has 0 spiro atoms. The van der Waals surface area contributed by atoms with Crippen molar-refractivity contribution in [2.75, 3.05) is 45.7 Å². The van der Waals surface area contributed by atoms with Crippen molar-refractivity contribution in [2.45, 2.75) is 20.3 Å². The first-order chi connectivity index (χ1) is 10.9. The fraction of sp³-hybridized carbons (Fsp3) is 0.556. The molecule has 0 amide bonds. The first kappa shape index (κ1) is 16.0. The third kappa shape index (κ3) is 3.24. The van der Waals surface area contributed by atoms with Crippen LogP contribution in [0.2, 0.25) is 0 Å². The highest BCUT2D eigenvalue weighted by Crippen LogP contribution is 2.31. The van der Waals surface area contributed by atoms with Gasteiger partial charge in [-0.05, 0) is 44.5 Å². The van der Waals surface area contributed by atoms with Gasteiger partial charge >= 0.3 is 0 Å². The summed E-state index contributed by atoms with van der Waals surface area (Å²) in [4.78, 5) is 14.0. The van der Waals surface area contributed by atoms with Crippen molar-refractivity contribution < 1.29 is 4.74 Å². The molecule has 23 heavy (non-hydrogen) atoms. The lowest BCUT2D eigenvalue weighted by molar-refractivity contribution is 0.314. The molecule has 5 nitrogen and oxygen atoms in total. The van der Waals surface area contributed by atoms with E-state index >= 15 is 0 Å². The van der Waals surface area contributed by atoms with E-state index in [1.54, 1.807) is 7.11 Å². The molecule has 1 aliphatic rings. The van der Waals surface area contributed by atoms with Crippen LogP contribution in [0.3, 0.4) is 0 Å². The Morgan fingerprint density at radius 1 is 1.35 bits per heavy atom. The summed E-state index contributed by atoms with van der Waals surface area (Å²) in [5, 5.41) is 1.08. The molecule has 0 N–H and O–H groups in total. The van der Waals surface area contributed by atoms with Crippen molar-refractivity contribution in [2.24, 2.45) is 5.41 Å². The number of aryl methyl sites for hydroxylation is 1. The topological polar surface area (TPSA) is 41.5 Å². The largest absolute Gasteiger partial charge is 0.497 e. The van der Waals surface area contributed by atoms with Gasteiger partial charge < -0.3 is 14.5 Å². The predicted molar refractivity (Wildman–Crippen MR) is 94.3 cm³/mol. The first-order valence-corrected chi connectivity index (χ1v) is 8.12. The average molecular weight is 314 g/mol. The molecule has 0 saturated carbocycles. The lowest BCUT2D eigenvalue weighted by atomic mass is 9.89.